The lowest BCUT2D eigenvalue weighted by Gasteiger charge is -2.22. The van der Waals surface area contributed by atoms with E-state index in [1.54, 1.807) is 30.1 Å². The zero-order chi connectivity index (χ0) is 16.7. The van der Waals surface area contributed by atoms with Crippen molar-refractivity contribution in [3.05, 3.63) is 52.1 Å². The number of carbonyl (C=O) groups is 2. The molecule has 1 atom stereocenters. The highest BCUT2D eigenvalue weighted by Crippen LogP contribution is 2.41. The van der Waals surface area contributed by atoms with Crippen LogP contribution in [0.4, 0.5) is 11.6 Å². The fourth-order valence-electron chi connectivity index (χ4n) is 2.89. The van der Waals surface area contributed by atoms with Gasteiger partial charge in [0, 0.05) is 13.5 Å². The van der Waals surface area contributed by atoms with Gasteiger partial charge in [0.15, 0.2) is 5.82 Å². The molecule has 4 heterocycles. The molecule has 1 aliphatic rings. The zero-order valence-corrected chi connectivity index (χ0v) is 13.6. The minimum atomic E-state index is -0.281. The van der Waals surface area contributed by atoms with Gasteiger partial charge in [-0.25, -0.2) is 0 Å². The number of fused-ring (bicyclic) bond motifs is 1. The Balaban J connectivity index is 1.76. The van der Waals surface area contributed by atoms with Gasteiger partial charge in [0.05, 0.1) is 22.6 Å². The number of aryl methyl sites for hydroxylation is 1. The molecule has 0 aliphatic carbocycles. The standard InChI is InChI=1S/C16H14N4O3S/c1-20-15-13(9(8-12(21)17-15)10-4-2-6-23-10)14(19-20)18-16(22)11-5-3-7-24-11/h2-7,9H,8H2,1H3,(H,17,21)(H,18,19,22)/t9-/m0/s1. The van der Waals surface area contributed by atoms with E-state index in [4.69, 9.17) is 4.42 Å². The Hall–Kier alpha value is -2.87. The Morgan fingerprint density at radius 3 is 3.04 bits per heavy atom. The number of hydrogen-bond acceptors (Lipinski definition) is 5. The second-order valence-electron chi connectivity index (χ2n) is 5.49. The third-order valence-corrected chi connectivity index (χ3v) is 4.81. The molecule has 1 aliphatic heterocycles. The van der Waals surface area contributed by atoms with Crippen molar-refractivity contribution in [2.45, 2.75) is 12.3 Å². The molecule has 2 N–H and O–H groups in total. The van der Waals surface area contributed by atoms with E-state index in [1.165, 1.54) is 11.3 Å². The van der Waals surface area contributed by atoms with Crippen LogP contribution in [0.15, 0.2) is 40.3 Å². The summed E-state index contributed by atoms with van der Waals surface area (Å²) in [5.74, 6) is 1.08. The van der Waals surface area contributed by atoms with Crippen LogP contribution < -0.4 is 10.6 Å². The number of nitrogens with zero attached hydrogens (tertiary/aromatic N) is 2. The minimum Gasteiger partial charge on any atom is -0.469 e. The van der Waals surface area contributed by atoms with Crippen LogP contribution in [-0.4, -0.2) is 21.6 Å². The topological polar surface area (TPSA) is 89.2 Å². The number of amides is 2. The van der Waals surface area contributed by atoms with Crippen molar-refractivity contribution in [2.75, 3.05) is 10.6 Å². The second-order valence-corrected chi connectivity index (χ2v) is 6.43. The van der Waals surface area contributed by atoms with Crippen molar-refractivity contribution in [1.29, 1.82) is 0 Å². The van der Waals surface area contributed by atoms with Gasteiger partial charge < -0.3 is 15.1 Å². The van der Waals surface area contributed by atoms with E-state index in [1.807, 2.05) is 17.5 Å². The number of aromatic nitrogens is 2. The summed E-state index contributed by atoms with van der Waals surface area (Å²) in [4.78, 5) is 25.0. The Morgan fingerprint density at radius 1 is 1.46 bits per heavy atom. The SMILES string of the molecule is Cn1nc(NC(=O)c2cccs2)c2c1NC(=O)C[C@H]2c1ccco1. The van der Waals surface area contributed by atoms with Crippen molar-refractivity contribution in [1.82, 2.24) is 9.78 Å². The maximum atomic E-state index is 12.4. The van der Waals surface area contributed by atoms with Crippen molar-refractivity contribution in [2.24, 2.45) is 7.05 Å². The molecule has 24 heavy (non-hydrogen) atoms. The molecule has 7 nitrogen and oxygen atoms in total. The first kappa shape index (κ1) is 14.7. The molecule has 0 fully saturated rings. The summed E-state index contributed by atoms with van der Waals surface area (Å²) in [6, 6.07) is 7.17. The summed E-state index contributed by atoms with van der Waals surface area (Å²) in [5, 5.41) is 11.9. The third kappa shape index (κ3) is 2.41. The molecule has 8 heteroatoms. The summed E-state index contributed by atoms with van der Waals surface area (Å²) in [6.45, 7) is 0. The summed E-state index contributed by atoms with van der Waals surface area (Å²) in [6.07, 6.45) is 1.82. The summed E-state index contributed by atoms with van der Waals surface area (Å²) >= 11 is 1.36. The van der Waals surface area contributed by atoms with Gasteiger partial charge in [0.1, 0.15) is 11.6 Å². The predicted octanol–water partition coefficient (Wildman–Crippen LogP) is 2.80. The molecular weight excluding hydrogens is 328 g/mol. The van der Waals surface area contributed by atoms with E-state index in [-0.39, 0.29) is 24.2 Å². The summed E-state index contributed by atoms with van der Waals surface area (Å²) in [5.41, 5.74) is 0.761. The van der Waals surface area contributed by atoms with Crippen LogP contribution in [0, 0.1) is 0 Å². The van der Waals surface area contributed by atoms with Crippen molar-refractivity contribution >= 4 is 34.8 Å². The molecule has 3 aromatic rings. The molecule has 4 rings (SSSR count). The van der Waals surface area contributed by atoms with Crippen LogP contribution in [0.2, 0.25) is 0 Å². The first-order chi connectivity index (χ1) is 11.6. The van der Waals surface area contributed by atoms with E-state index in [0.29, 0.717) is 22.3 Å². The van der Waals surface area contributed by atoms with Crippen molar-refractivity contribution in [3.63, 3.8) is 0 Å². The molecule has 0 radical (unpaired) electrons. The van der Waals surface area contributed by atoms with Crippen LogP contribution in [-0.2, 0) is 11.8 Å². The lowest BCUT2D eigenvalue weighted by atomic mass is 9.91. The van der Waals surface area contributed by atoms with Crippen LogP contribution in [0.1, 0.15) is 33.3 Å². The average molecular weight is 342 g/mol. The molecule has 0 saturated heterocycles. The second kappa shape index (κ2) is 5.64. The molecule has 3 aromatic heterocycles. The number of hydrogen-bond donors (Lipinski definition) is 2. The van der Waals surface area contributed by atoms with Crippen LogP contribution in [0.25, 0.3) is 0 Å². The number of carbonyl (C=O) groups excluding carboxylic acids is 2. The summed E-state index contributed by atoms with van der Waals surface area (Å²) < 4.78 is 7.05. The maximum Gasteiger partial charge on any atom is 0.266 e. The van der Waals surface area contributed by atoms with E-state index < -0.39 is 0 Å². The smallest absolute Gasteiger partial charge is 0.266 e. The molecule has 0 aromatic carbocycles. The van der Waals surface area contributed by atoms with Crippen LogP contribution >= 0.6 is 11.3 Å². The van der Waals surface area contributed by atoms with Gasteiger partial charge in [0.25, 0.3) is 5.91 Å². The number of anilines is 2. The lowest BCUT2D eigenvalue weighted by Crippen LogP contribution is -2.25. The minimum absolute atomic E-state index is 0.108. The molecule has 0 bridgehead atoms. The zero-order valence-electron chi connectivity index (χ0n) is 12.8. The number of nitrogens with one attached hydrogen (secondary N) is 2. The van der Waals surface area contributed by atoms with E-state index in [0.717, 1.165) is 5.56 Å². The summed E-state index contributed by atoms with van der Waals surface area (Å²) in [7, 11) is 1.73. The highest BCUT2D eigenvalue weighted by molar-refractivity contribution is 7.12. The fraction of sp³-hybridized carbons (Fsp3) is 0.188. The van der Waals surface area contributed by atoms with Gasteiger partial charge in [-0.1, -0.05) is 6.07 Å². The normalized spacial score (nSPS) is 16.5. The van der Waals surface area contributed by atoms with Gasteiger partial charge in [-0.15, -0.1) is 11.3 Å². The van der Waals surface area contributed by atoms with Gasteiger partial charge in [-0.2, -0.15) is 5.10 Å². The Labute approximate surface area is 141 Å². The van der Waals surface area contributed by atoms with Crippen molar-refractivity contribution < 1.29 is 14.0 Å². The number of rotatable bonds is 3. The maximum absolute atomic E-state index is 12.4. The third-order valence-electron chi connectivity index (χ3n) is 3.94. The Bertz CT molecular complexity index is 896. The van der Waals surface area contributed by atoms with Crippen LogP contribution in [0.5, 0.6) is 0 Å². The van der Waals surface area contributed by atoms with Gasteiger partial charge in [-0.05, 0) is 23.6 Å². The van der Waals surface area contributed by atoms with E-state index >= 15 is 0 Å². The molecule has 0 spiro atoms. The first-order valence-corrected chi connectivity index (χ1v) is 8.26. The molecular formula is C16H14N4O3S. The van der Waals surface area contributed by atoms with Gasteiger partial charge >= 0.3 is 0 Å². The highest BCUT2D eigenvalue weighted by Gasteiger charge is 2.35. The van der Waals surface area contributed by atoms with Gasteiger partial charge in [-0.3, -0.25) is 14.3 Å². The lowest BCUT2D eigenvalue weighted by molar-refractivity contribution is -0.116. The number of thiophene rings is 1. The molecule has 0 saturated carbocycles. The quantitative estimate of drug-likeness (QED) is 0.766. The first-order valence-electron chi connectivity index (χ1n) is 7.38. The fourth-order valence-corrected chi connectivity index (χ4v) is 3.51. The molecule has 0 unspecified atom stereocenters. The molecule has 2 amide bonds. The Morgan fingerprint density at radius 2 is 2.33 bits per heavy atom. The highest BCUT2D eigenvalue weighted by atomic mass is 32.1. The monoisotopic (exact) mass is 342 g/mol. The van der Waals surface area contributed by atoms with Gasteiger partial charge in [0.2, 0.25) is 5.91 Å². The average Bonchev–Trinajstić information content (AvgIpc) is 3.29. The Kier molecular flexibility index (Phi) is 3.46. The van der Waals surface area contributed by atoms with Crippen LogP contribution in [0.3, 0.4) is 0 Å². The largest absolute Gasteiger partial charge is 0.469 e. The molecule has 122 valence electrons. The van der Waals surface area contributed by atoms with E-state index in [2.05, 4.69) is 15.7 Å². The van der Waals surface area contributed by atoms with Crippen molar-refractivity contribution in [3.8, 4) is 0 Å². The number of furan rings is 1. The predicted molar refractivity (Wildman–Crippen MR) is 89.3 cm³/mol. The van der Waals surface area contributed by atoms with E-state index in [9.17, 15) is 9.59 Å².